The van der Waals surface area contributed by atoms with E-state index in [1.165, 1.54) is 22.7 Å². The zero-order valence-electron chi connectivity index (χ0n) is 9.30. The van der Waals surface area contributed by atoms with Gasteiger partial charge in [0.15, 0.2) is 0 Å². The number of hydrogen-bond acceptors (Lipinski definition) is 3. The number of thioether (sulfide) groups is 1. The van der Waals surface area contributed by atoms with Gasteiger partial charge in [0.05, 0.1) is 0 Å². The molecule has 1 nitrogen and oxygen atoms in total. The average Bonchev–Trinajstić information content (AvgIpc) is 2.81. The van der Waals surface area contributed by atoms with E-state index >= 15 is 0 Å². The van der Waals surface area contributed by atoms with E-state index in [1.54, 1.807) is 23.5 Å². The van der Waals surface area contributed by atoms with Crippen LogP contribution in [0.2, 0.25) is 0 Å². The lowest BCUT2D eigenvalue weighted by Crippen LogP contribution is -2.25. The number of benzene rings is 1. The zero-order chi connectivity index (χ0) is 12.1. The molecule has 0 spiro atoms. The highest BCUT2D eigenvalue weighted by molar-refractivity contribution is 7.99. The molecule has 0 aliphatic rings. The van der Waals surface area contributed by atoms with Gasteiger partial charge in [-0.1, -0.05) is 18.2 Å². The first-order chi connectivity index (χ1) is 8.25. The molecule has 0 saturated heterocycles. The topological polar surface area (TPSA) is 26.0 Å². The van der Waals surface area contributed by atoms with E-state index in [-0.39, 0.29) is 11.9 Å². The second-order valence-electron chi connectivity index (χ2n) is 3.78. The van der Waals surface area contributed by atoms with Crippen LogP contribution in [0.3, 0.4) is 0 Å². The molecule has 1 unspecified atom stereocenters. The van der Waals surface area contributed by atoms with Crippen LogP contribution < -0.4 is 5.73 Å². The maximum atomic E-state index is 13.4. The summed E-state index contributed by atoms with van der Waals surface area (Å²) in [4.78, 5) is 1.96. The third kappa shape index (κ3) is 3.84. The van der Waals surface area contributed by atoms with Gasteiger partial charge < -0.3 is 5.73 Å². The molecule has 2 rings (SSSR count). The summed E-state index contributed by atoms with van der Waals surface area (Å²) in [7, 11) is 0. The van der Waals surface area contributed by atoms with Crippen molar-refractivity contribution in [2.45, 2.75) is 17.4 Å². The van der Waals surface area contributed by atoms with Crippen LogP contribution in [0.15, 0.2) is 46.7 Å². The van der Waals surface area contributed by atoms with Crippen LogP contribution >= 0.6 is 23.1 Å². The van der Waals surface area contributed by atoms with E-state index in [0.717, 1.165) is 12.2 Å². The third-order valence-electron chi connectivity index (χ3n) is 2.33. The predicted octanol–water partition coefficient (Wildman–Crippen LogP) is 3.55. The molecule has 1 aromatic heterocycles. The third-order valence-corrected chi connectivity index (χ3v) is 4.47. The Morgan fingerprint density at radius 2 is 2.06 bits per heavy atom. The zero-order valence-corrected chi connectivity index (χ0v) is 10.9. The summed E-state index contributed by atoms with van der Waals surface area (Å²) >= 11 is 3.19. The Bertz CT molecular complexity index is 456. The first-order valence-electron chi connectivity index (χ1n) is 5.41. The van der Waals surface area contributed by atoms with E-state index in [4.69, 9.17) is 5.73 Å². The Kier molecular flexibility index (Phi) is 4.59. The number of thiophene rings is 1. The highest BCUT2D eigenvalue weighted by Crippen LogP contribution is 2.22. The molecule has 0 radical (unpaired) electrons. The molecule has 1 aromatic carbocycles. The molecule has 2 aromatic rings. The Hall–Kier alpha value is -0.840. The van der Waals surface area contributed by atoms with Gasteiger partial charge in [-0.2, -0.15) is 0 Å². The number of nitrogens with two attached hydrogens (primary N) is 1. The van der Waals surface area contributed by atoms with Crippen molar-refractivity contribution in [3.8, 4) is 0 Å². The van der Waals surface area contributed by atoms with Crippen LogP contribution in [0.4, 0.5) is 4.39 Å². The SMILES string of the molecule is NC(CSc1ccccc1F)Cc1cccs1. The molecule has 90 valence electrons. The van der Waals surface area contributed by atoms with E-state index in [2.05, 4.69) is 6.07 Å². The largest absolute Gasteiger partial charge is 0.327 e. The highest BCUT2D eigenvalue weighted by atomic mass is 32.2. The maximum absolute atomic E-state index is 13.4. The van der Waals surface area contributed by atoms with Crippen molar-refractivity contribution >= 4 is 23.1 Å². The van der Waals surface area contributed by atoms with Crippen LogP contribution in [0.5, 0.6) is 0 Å². The average molecular weight is 267 g/mol. The van der Waals surface area contributed by atoms with Gasteiger partial charge in [-0.15, -0.1) is 23.1 Å². The smallest absolute Gasteiger partial charge is 0.136 e. The van der Waals surface area contributed by atoms with Crippen LogP contribution in [0.1, 0.15) is 4.88 Å². The second-order valence-corrected chi connectivity index (χ2v) is 5.88. The highest BCUT2D eigenvalue weighted by Gasteiger charge is 2.07. The predicted molar refractivity (Wildman–Crippen MR) is 73.1 cm³/mol. The minimum Gasteiger partial charge on any atom is -0.327 e. The van der Waals surface area contributed by atoms with Gasteiger partial charge in [0, 0.05) is 21.6 Å². The minimum atomic E-state index is -0.166. The van der Waals surface area contributed by atoms with Crippen molar-refractivity contribution < 1.29 is 4.39 Å². The van der Waals surface area contributed by atoms with Crippen molar-refractivity contribution in [3.05, 3.63) is 52.5 Å². The van der Waals surface area contributed by atoms with Gasteiger partial charge in [0.25, 0.3) is 0 Å². The Morgan fingerprint density at radius 1 is 1.24 bits per heavy atom. The molecule has 4 heteroatoms. The molecule has 0 aliphatic carbocycles. The van der Waals surface area contributed by atoms with Gasteiger partial charge in [0.1, 0.15) is 5.82 Å². The molecule has 0 amide bonds. The standard InChI is InChI=1S/C13H14FNS2/c14-12-5-1-2-6-13(12)17-9-10(15)8-11-4-3-7-16-11/h1-7,10H,8-9,15H2. The number of halogens is 1. The Balaban J connectivity index is 1.84. The summed E-state index contributed by atoms with van der Waals surface area (Å²) in [5, 5.41) is 2.05. The molecule has 0 bridgehead atoms. The van der Waals surface area contributed by atoms with Crippen LogP contribution in [0, 0.1) is 5.82 Å². The van der Waals surface area contributed by atoms with E-state index < -0.39 is 0 Å². The van der Waals surface area contributed by atoms with Gasteiger partial charge >= 0.3 is 0 Å². The van der Waals surface area contributed by atoms with Crippen molar-refractivity contribution in [1.82, 2.24) is 0 Å². The van der Waals surface area contributed by atoms with Crippen molar-refractivity contribution in [2.75, 3.05) is 5.75 Å². The van der Waals surface area contributed by atoms with E-state index in [9.17, 15) is 4.39 Å². The second kappa shape index (κ2) is 6.19. The molecule has 1 heterocycles. The van der Waals surface area contributed by atoms with Gasteiger partial charge in [-0.25, -0.2) is 4.39 Å². The molecule has 17 heavy (non-hydrogen) atoms. The normalized spacial score (nSPS) is 12.6. The summed E-state index contributed by atoms with van der Waals surface area (Å²) in [5.74, 6) is 0.569. The first-order valence-corrected chi connectivity index (χ1v) is 7.27. The molecule has 0 saturated carbocycles. The fraction of sp³-hybridized carbons (Fsp3) is 0.231. The summed E-state index contributed by atoms with van der Waals surface area (Å²) in [6.07, 6.45) is 0.860. The lowest BCUT2D eigenvalue weighted by atomic mass is 10.2. The van der Waals surface area contributed by atoms with Crippen LogP contribution in [-0.4, -0.2) is 11.8 Å². The monoisotopic (exact) mass is 267 g/mol. The summed E-state index contributed by atoms with van der Waals surface area (Å²) < 4.78 is 13.4. The fourth-order valence-corrected chi connectivity index (χ4v) is 3.20. The van der Waals surface area contributed by atoms with Crippen LogP contribution in [0.25, 0.3) is 0 Å². The number of hydrogen-bond donors (Lipinski definition) is 1. The van der Waals surface area contributed by atoms with E-state index in [1.807, 2.05) is 17.5 Å². The first kappa shape index (κ1) is 12.6. The Labute approximate surface area is 109 Å². The van der Waals surface area contributed by atoms with Crippen LogP contribution in [-0.2, 0) is 6.42 Å². The summed E-state index contributed by atoms with van der Waals surface area (Å²) in [6, 6.07) is 11.0. The van der Waals surface area contributed by atoms with Gasteiger partial charge in [-0.3, -0.25) is 0 Å². The fourth-order valence-electron chi connectivity index (χ4n) is 1.50. The van der Waals surface area contributed by atoms with Gasteiger partial charge in [0.2, 0.25) is 0 Å². The van der Waals surface area contributed by atoms with Crippen molar-refractivity contribution in [2.24, 2.45) is 5.73 Å². The lowest BCUT2D eigenvalue weighted by Gasteiger charge is -2.10. The van der Waals surface area contributed by atoms with E-state index in [0.29, 0.717) is 4.90 Å². The van der Waals surface area contributed by atoms with Gasteiger partial charge in [-0.05, 0) is 30.0 Å². The van der Waals surface area contributed by atoms with Crippen molar-refractivity contribution in [3.63, 3.8) is 0 Å². The molecule has 0 fully saturated rings. The molecular formula is C13H14FNS2. The Morgan fingerprint density at radius 3 is 2.76 bits per heavy atom. The molecule has 0 aliphatic heterocycles. The van der Waals surface area contributed by atoms with Crippen molar-refractivity contribution in [1.29, 1.82) is 0 Å². The maximum Gasteiger partial charge on any atom is 0.136 e. The molecule has 1 atom stereocenters. The molecule has 2 N–H and O–H groups in total. The summed E-state index contributed by atoms with van der Waals surface area (Å²) in [5.41, 5.74) is 6.03. The quantitative estimate of drug-likeness (QED) is 0.838. The number of rotatable bonds is 5. The summed E-state index contributed by atoms with van der Waals surface area (Å²) in [6.45, 7) is 0. The molecular weight excluding hydrogens is 253 g/mol. The lowest BCUT2D eigenvalue weighted by molar-refractivity contribution is 0.601. The minimum absolute atomic E-state index is 0.0678.